The number of nitrogens with zero attached hydrogens (tertiary/aromatic N) is 3. The first-order chi connectivity index (χ1) is 7.11. The number of rotatable bonds is 1. The fourth-order valence-corrected chi connectivity index (χ4v) is 2.09. The summed E-state index contributed by atoms with van der Waals surface area (Å²) in [4.78, 5) is 18.5. The fourth-order valence-electron chi connectivity index (χ4n) is 1.41. The van der Waals surface area contributed by atoms with E-state index in [0.717, 1.165) is 5.56 Å². The van der Waals surface area contributed by atoms with E-state index in [1.54, 1.807) is 6.07 Å². The first-order valence-corrected chi connectivity index (χ1v) is 4.95. The van der Waals surface area contributed by atoms with Crippen LogP contribution < -0.4 is 0 Å². The number of nitro groups is 1. The van der Waals surface area contributed by atoms with Crippen LogP contribution in [0, 0.1) is 17.0 Å². The maximum Gasteiger partial charge on any atom is 0.311 e. The van der Waals surface area contributed by atoms with Crippen LogP contribution in [0.5, 0.6) is 0 Å². The van der Waals surface area contributed by atoms with Crippen LogP contribution in [0.3, 0.4) is 0 Å². The topological polar surface area (TPSA) is 68.9 Å². The zero-order valence-corrected chi connectivity index (χ0v) is 9.35. The second-order valence-corrected chi connectivity index (χ2v) is 3.89. The predicted octanol–water partition coefficient (Wildman–Crippen LogP) is 2.61. The number of hydrogen-bond donors (Lipinski definition) is 0. The van der Waals surface area contributed by atoms with E-state index < -0.39 is 4.92 Å². The molecule has 0 N–H and O–H groups in total. The van der Waals surface area contributed by atoms with Crippen molar-refractivity contribution in [2.75, 3.05) is 0 Å². The van der Waals surface area contributed by atoms with Crippen molar-refractivity contribution in [2.45, 2.75) is 6.92 Å². The van der Waals surface area contributed by atoms with Crippen molar-refractivity contribution in [1.82, 2.24) is 9.97 Å². The molecule has 6 heteroatoms. The lowest BCUT2D eigenvalue weighted by Gasteiger charge is -2.02. The van der Waals surface area contributed by atoms with Gasteiger partial charge in [0.1, 0.15) is 0 Å². The lowest BCUT2D eigenvalue weighted by molar-refractivity contribution is -0.384. The minimum Gasteiger partial charge on any atom is -0.258 e. The number of halogens is 1. The highest BCUT2D eigenvalue weighted by Gasteiger charge is 2.20. The van der Waals surface area contributed by atoms with Gasteiger partial charge < -0.3 is 0 Å². The normalized spacial score (nSPS) is 10.5. The summed E-state index contributed by atoms with van der Waals surface area (Å²) in [7, 11) is 0. The highest BCUT2D eigenvalue weighted by Crippen LogP contribution is 2.32. The minimum absolute atomic E-state index is 0.0382. The van der Waals surface area contributed by atoms with E-state index in [4.69, 9.17) is 0 Å². The number of nitro benzene ring substituents is 1. The van der Waals surface area contributed by atoms with Gasteiger partial charge in [-0.15, -0.1) is 0 Å². The van der Waals surface area contributed by atoms with Gasteiger partial charge >= 0.3 is 5.69 Å². The average Bonchev–Trinajstić information content (AvgIpc) is 2.17. The van der Waals surface area contributed by atoms with Gasteiger partial charge in [-0.3, -0.25) is 15.1 Å². The van der Waals surface area contributed by atoms with Crippen LogP contribution in [0.1, 0.15) is 5.56 Å². The molecule has 2 aromatic rings. The van der Waals surface area contributed by atoms with Crippen molar-refractivity contribution in [3.05, 3.63) is 38.6 Å². The molecule has 0 radical (unpaired) electrons. The first kappa shape index (κ1) is 9.97. The number of benzene rings is 1. The second-order valence-electron chi connectivity index (χ2n) is 3.03. The summed E-state index contributed by atoms with van der Waals surface area (Å²) in [5, 5.41) is 10.9. The molecule has 0 unspecified atom stereocenters. The van der Waals surface area contributed by atoms with Crippen molar-refractivity contribution in [3.8, 4) is 0 Å². The van der Waals surface area contributed by atoms with Gasteiger partial charge in [-0.2, -0.15) is 0 Å². The number of hydrogen-bond acceptors (Lipinski definition) is 4. The van der Waals surface area contributed by atoms with Crippen LogP contribution in [0.25, 0.3) is 11.0 Å². The monoisotopic (exact) mass is 267 g/mol. The summed E-state index contributed by atoms with van der Waals surface area (Å²) in [6, 6.07) is 1.68. The molecule has 0 fully saturated rings. The summed E-state index contributed by atoms with van der Waals surface area (Å²) in [6.07, 6.45) is 2.97. The van der Waals surface area contributed by atoms with Gasteiger partial charge in [0.2, 0.25) is 0 Å². The summed E-state index contributed by atoms with van der Waals surface area (Å²) in [5.41, 5.74) is 1.70. The van der Waals surface area contributed by atoms with Crippen molar-refractivity contribution < 1.29 is 4.92 Å². The molecule has 1 aromatic heterocycles. The molecule has 0 saturated heterocycles. The molecule has 0 amide bonds. The molecule has 0 bridgehead atoms. The zero-order valence-electron chi connectivity index (χ0n) is 7.77. The number of fused-ring (bicyclic) bond motifs is 1. The molecular weight excluding hydrogens is 262 g/mol. The zero-order chi connectivity index (χ0) is 11.0. The molecule has 0 saturated carbocycles. The predicted molar refractivity (Wildman–Crippen MR) is 58.6 cm³/mol. The molecule has 0 aliphatic heterocycles. The molecule has 5 nitrogen and oxygen atoms in total. The van der Waals surface area contributed by atoms with E-state index in [0.29, 0.717) is 15.5 Å². The fraction of sp³-hybridized carbons (Fsp3) is 0.111. The molecule has 2 rings (SSSR count). The van der Waals surface area contributed by atoms with Crippen LogP contribution in [0.2, 0.25) is 0 Å². The van der Waals surface area contributed by atoms with E-state index in [-0.39, 0.29) is 5.69 Å². The molecular formula is C9H6BrN3O2. The van der Waals surface area contributed by atoms with E-state index in [9.17, 15) is 10.1 Å². The molecule has 0 atom stereocenters. The molecule has 15 heavy (non-hydrogen) atoms. The highest BCUT2D eigenvalue weighted by molar-refractivity contribution is 9.10. The Morgan fingerprint density at radius 1 is 1.33 bits per heavy atom. The standard InChI is InChI=1S/C9H6BrN3O2/c1-5-4-6(10)9(13(14)15)8-7(5)11-2-3-12-8/h2-4H,1H3. The number of aryl methyl sites for hydroxylation is 1. The van der Waals surface area contributed by atoms with Gasteiger partial charge in [0.25, 0.3) is 0 Å². The Labute approximate surface area is 93.4 Å². The highest BCUT2D eigenvalue weighted by atomic mass is 79.9. The lowest BCUT2D eigenvalue weighted by atomic mass is 10.2. The summed E-state index contributed by atoms with van der Waals surface area (Å²) in [6.45, 7) is 1.84. The van der Waals surface area contributed by atoms with Crippen LogP contribution >= 0.6 is 15.9 Å². The van der Waals surface area contributed by atoms with Crippen molar-refractivity contribution >= 4 is 32.7 Å². The molecule has 1 aromatic carbocycles. The maximum atomic E-state index is 10.9. The Hall–Kier alpha value is -1.56. The Morgan fingerprint density at radius 2 is 1.93 bits per heavy atom. The summed E-state index contributed by atoms with van der Waals surface area (Å²) in [5.74, 6) is 0. The Balaban J connectivity index is 2.96. The third kappa shape index (κ3) is 1.56. The van der Waals surface area contributed by atoms with Crippen molar-refractivity contribution in [1.29, 1.82) is 0 Å². The van der Waals surface area contributed by atoms with Gasteiger partial charge in [0, 0.05) is 12.4 Å². The van der Waals surface area contributed by atoms with Gasteiger partial charge in [-0.1, -0.05) is 0 Å². The Bertz CT molecular complexity index is 556. The minimum atomic E-state index is -0.458. The van der Waals surface area contributed by atoms with Gasteiger partial charge in [-0.05, 0) is 34.5 Å². The second kappa shape index (κ2) is 3.54. The van der Waals surface area contributed by atoms with Crippen molar-refractivity contribution in [2.24, 2.45) is 0 Å². The molecule has 0 aliphatic carbocycles. The maximum absolute atomic E-state index is 10.9. The van der Waals surface area contributed by atoms with Gasteiger partial charge in [0.15, 0.2) is 5.52 Å². The summed E-state index contributed by atoms with van der Waals surface area (Å²) < 4.78 is 0.429. The van der Waals surface area contributed by atoms with E-state index in [1.807, 2.05) is 6.92 Å². The largest absolute Gasteiger partial charge is 0.311 e. The van der Waals surface area contributed by atoms with Crippen LogP contribution in [-0.2, 0) is 0 Å². The molecule has 1 heterocycles. The molecule has 0 aliphatic rings. The molecule has 0 spiro atoms. The van der Waals surface area contributed by atoms with E-state index in [1.165, 1.54) is 12.4 Å². The smallest absolute Gasteiger partial charge is 0.258 e. The van der Waals surface area contributed by atoms with E-state index in [2.05, 4.69) is 25.9 Å². The third-order valence-electron chi connectivity index (χ3n) is 2.05. The van der Waals surface area contributed by atoms with Crippen LogP contribution in [0.4, 0.5) is 5.69 Å². The molecule has 76 valence electrons. The van der Waals surface area contributed by atoms with E-state index >= 15 is 0 Å². The van der Waals surface area contributed by atoms with Crippen molar-refractivity contribution in [3.63, 3.8) is 0 Å². The number of aromatic nitrogens is 2. The van der Waals surface area contributed by atoms with Gasteiger partial charge in [0.05, 0.1) is 14.9 Å². The van der Waals surface area contributed by atoms with Crippen LogP contribution in [0.15, 0.2) is 22.9 Å². The Kier molecular flexibility index (Phi) is 2.36. The average molecular weight is 268 g/mol. The van der Waals surface area contributed by atoms with Crippen LogP contribution in [-0.4, -0.2) is 14.9 Å². The summed E-state index contributed by atoms with van der Waals surface area (Å²) >= 11 is 3.16. The third-order valence-corrected chi connectivity index (χ3v) is 2.65. The lowest BCUT2D eigenvalue weighted by Crippen LogP contribution is -1.95. The van der Waals surface area contributed by atoms with Gasteiger partial charge in [-0.25, -0.2) is 4.98 Å². The Morgan fingerprint density at radius 3 is 2.53 bits per heavy atom. The SMILES string of the molecule is Cc1cc(Br)c([N+](=O)[O-])c2nccnc12. The first-order valence-electron chi connectivity index (χ1n) is 4.15. The quantitative estimate of drug-likeness (QED) is 0.588.